The third-order valence-electron chi connectivity index (χ3n) is 1.14. The second kappa shape index (κ2) is 6.39. The number of aliphatic carboxylic acids is 2. The van der Waals surface area contributed by atoms with Gasteiger partial charge in [-0.3, -0.25) is 9.59 Å². The smallest absolute Gasteiger partial charge is 0.311 e. The zero-order valence-electron chi connectivity index (χ0n) is 6.56. The molecule has 1 radical (unpaired) electrons. The van der Waals surface area contributed by atoms with Crippen LogP contribution >= 0.6 is 0 Å². The molecular formula is C8H11O4. The Kier molecular flexibility index (Phi) is 5.69. The van der Waals surface area contributed by atoms with Gasteiger partial charge in [-0.1, -0.05) is 12.2 Å². The fraction of sp³-hybridized carbons (Fsp3) is 0.375. The summed E-state index contributed by atoms with van der Waals surface area (Å²) in [6.07, 6.45) is 5.31. The molecular weight excluding hydrogens is 160 g/mol. The quantitative estimate of drug-likeness (QED) is 0.586. The van der Waals surface area contributed by atoms with E-state index < -0.39 is 11.9 Å². The molecule has 0 bridgehead atoms. The van der Waals surface area contributed by atoms with Gasteiger partial charge in [0.25, 0.3) is 0 Å². The molecule has 0 fully saturated rings. The molecule has 0 aromatic rings. The van der Waals surface area contributed by atoms with E-state index in [1.165, 1.54) is 6.08 Å². The van der Waals surface area contributed by atoms with Crippen LogP contribution in [-0.4, -0.2) is 22.2 Å². The van der Waals surface area contributed by atoms with Gasteiger partial charge in [-0.15, -0.1) is 0 Å². The molecule has 0 saturated heterocycles. The molecule has 0 unspecified atom stereocenters. The fourth-order valence-electron chi connectivity index (χ4n) is 0.618. The van der Waals surface area contributed by atoms with Gasteiger partial charge in [-0.25, -0.2) is 0 Å². The number of carboxylic acid groups (broad SMARTS) is 2. The van der Waals surface area contributed by atoms with Crippen molar-refractivity contribution in [3.05, 3.63) is 18.6 Å². The molecule has 0 aromatic heterocycles. The van der Waals surface area contributed by atoms with Gasteiger partial charge in [0.05, 0.1) is 6.42 Å². The van der Waals surface area contributed by atoms with Gasteiger partial charge in [0.2, 0.25) is 0 Å². The predicted octanol–water partition coefficient (Wildman–Crippen LogP) is 1.09. The van der Waals surface area contributed by atoms with Crippen molar-refractivity contribution in [2.45, 2.75) is 19.3 Å². The number of unbranched alkanes of at least 4 members (excludes halogenated alkanes) is 1. The monoisotopic (exact) mass is 171 g/mol. The van der Waals surface area contributed by atoms with Gasteiger partial charge in [0.1, 0.15) is 0 Å². The first-order valence-electron chi connectivity index (χ1n) is 3.57. The van der Waals surface area contributed by atoms with Gasteiger partial charge in [0.15, 0.2) is 0 Å². The molecule has 0 heterocycles. The molecule has 0 spiro atoms. The molecule has 0 rings (SSSR count). The van der Waals surface area contributed by atoms with E-state index in [0.717, 1.165) is 6.42 Å². The number of allylic oxidation sites excluding steroid dienone is 1. The average Bonchev–Trinajstić information content (AvgIpc) is 1.95. The first-order chi connectivity index (χ1) is 5.63. The van der Waals surface area contributed by atoms with Crippen LogP contribution in [0.25, 0.3) is 0 Å². The summed E-state index contributed by atoms with van der Waals surface area (Å²) in [5.41, 5.74) is 0. The highest BCUT2D eigenvalue weighted by atomic mass is 16.4. The van der Waals surface area contributed by atoms with E-state index in [0.29, 0.717) is 12.8 Å². The van der Waals surface area contributed by atoms with Crippen molar-refractivity contribution in [3.63, 3.8) is 0 Å². The third-order valence-corrected chi connectivity index (χ3v) is 1.14. The van der Waals surface area contributed by atoms with Gasteiger partial charge in [-0.2, -0.15) is 0 Å². The molecule has 12 heavy (non-hydrogen) atoms. The summed E-state index contributed by atoms with van der Waals surface area (Å²) in [5, 5.41) is 16.4. The Bertz CT molecular complexity index is 183. The number of carboxylic acids is 2. The van der Waals surface area contributed by atoms with Crippen LogP contribution in [0.4, 0.5) is 0 Å². The standard InChI is InChI=1S/C8H11O4/c9-7(10)5-3-1-2-4-6-8(11)12/h1,3,5H,2,4,6H2,(H,9,10)(H,11,12). The average molecular weight is 171 g/mol. The molecule has 0 aliphatic heterocycles. The van der Waals surface area contributed by atoms with Crippen LogP contribution in [-0.2, 0) is 9.59 Å². The third kappa shape index (κ3) is 8.68. The lowest BCUT2D eigenvalue weighted by Crippen LogP contribution is -1.93. The minimum Gasteiger partial charge on any atom is -0.481 e. The highest BCUT2D eigenvalue weighted by Gasteiger charge is 1.94. The van der Waals surface area contributed by atoms with Crippen LogP contribution in [0.3, 0.4) is 0 Å². The van der Waals surface area contributed by atoms with Crippen LogP contribution in [0.5, 0.6) is 0 Å². The summed E-state index contributed by atoms with van der Waals surface area (Å²) in [4.78, 5) is 20.0. The first kappa shape index (κ1) is 10.7. The van der Waals surface area contributed by atoms with Crippen LogP contribution < -0.4 is 0 Å². The molecule has 0 atom stereocenters. The van der Waals surface area contributed by atoms with E-state index in [4.69, 9.17) is 10.2 Å². The maximum absolute atomic E-state index is 10.0. The van der Waals surface area contributed by atoms with Crippen molar-refractivity contribution in [1.29, 1.82) is 0 Å². The minimum absolute atomic E-state index is 0.122. The zero-order valence-corrected chi connectivity index (χ0v) is 6.56. The number of hydrogen-bond donors (Lipinski definition) is 2. The number of hydrogen-bond acceptors (Lipinski definition) is 2. The van der Waals surface area contributed by atoms with E-state index >= 15 is 0 Å². The molecule has 4 heteroatoms. The lowest BCUT2D eigenvalue weighted by molar-refractivity contribution is -0.137. The van der Waals surface area contributed by atoms with E-state index in [9.17, 15) is 9.59 Å². The van der Waals surface area contributed by atoms with E-state index in [1.807, 2.05) is 0 Å². The molecule has 0 aliphatic rings. The minimum atomic E-state index is -0.996. The largest absolute Gasteiger partial charge is 0.481 e. The second-order valence-electron chi connectivity index (χ2n) is 2.22. The maximum Gasteiger partial charge on any atom is 0.311 e. The molecule has 0 aliphatic carbocycles. The number of rotatable bonds is 6. The Morgan fingerprint density at radius 1 is 1.25 bits per heavy atom. The Morgan fingerprint density at radius 2 is 1.92 bits per heavy atom. The number of carbonyl (C=O) groups is 2. The van der Waals surface area contributed by atoms with Gasteiger partial charge >= 0.3 is 11.9 Å². The van der Waals surface area contributed by atoms with Crippen LogP contribution in [0.2, 0.25) is 0 Å². The van der Waals surface area contributed by atoms with Crippen LogP contribution in [0.1, 0.15) is 19.3 Å². The summed E-state index contributed by atoms with van der Waals surface area (Å²) in [6, 6.07) is 0. The van der Waals surface area contributed by atoms with Gasteiger partial charge < -0.3 is 10.2 Å². The fourth-order valence-corrected chi connectivity index (χ4v) is 0.618. The molecule has 2 N–H and O–H groups in total. The van der Waals surface area contributed by atoms with Crippen molar-refractivity contribution in [3.8, 4) is 0 Å². The van der Waals surface area contributed by atoms with Crippen LogP contribution in [0.15, 0.2) is 12.2 Å². The normalized spacial score (nSPS) is 10.3. The Hall–Kier alpha value is -1.32. The predicted molar refractivity (Wildman–Crippen MR) is 42.6 cm³/mol. The van der Waals surface area contributed by atoms with Crippen molar-refractivity contribution in [1.82, 2.24) is 0 Å². The highest BCUT2D eigenvalue weighted by molar-refractivity contribution is 5.79. The Morgan fingerprint density at radius 3 is 2.42 bits per heavy atom. The highest BCUT2D eigenvalue weighted by Crippen LogP contribution is 1.96. The Balaban J connectivity index is 3.25. The molecule has 0 aromatic carbocycles. The second-order valence-corrected chi connectivity index (χ2v) is 2.22. The topological polar surface area (TPSA) is 74.6 Å². The summed E-state index contributed by atoms with van der Waals surface area (Å²) in [7, 11) is 0. The van der Waals surface area contributed by atoms with Gasteiger partial charge in [0, 0.05) is 6.42 Å². The van der Waals surface area contributed by atoms with Crippen molar-refractivity contribution in [2.75, 3.05) is 0 Å². The molecule has 0 amide bonds. The SMILES string of the molecule is O=C(O)[CH]C=CCCCC(=O)O. The molecule has 0 saturated carbocycles. The molecule has 4 nitrogen and oxygen atoms in total. The van der Waals surface area contributed by atoms with Crippen LogP contribution in [0, 0.1) is 6.42 Å². The first-order valence-corrected chi connectivity index (χ1v) is 3.57. The Labute approximate surface area is 70.5 Å². The molecule has 67 valence electrons. The van der Waals surface area contributed by atoms with E-state index in [-0.39, 0.29) is 6.42 Å². The van der Waals surface area contributed by atoms with Gasteiger partial charge in [-0.05, 0) is 12.8 Å². The van der Waals surface area contributed by atoms with E-state index in [1.54, 1.807) is 6.08 Å². The lowest BCUT2D eigenvalue weighted by atomic mass is 10.2. The summed E-state index contributed by atoms with van der Waals surface area (Å²) >= 11 is 0. The van der Waals surface area contributed by atoms with Crippen molar-refractivity contribution >= 4 is 11.9 Å². The summed E-state index contributed by atoms with van der Waals surface area (Å²) < 4.78 is 0. The summed E-state index contributed by atoms with van der Waals surface area (Å²) in [6.45, 7) is 0. The maximum atomic E-state index is 10.0. The summed E-state index contributed by atoms with van der Waals surface area (Å²) in [5.74, 6) is -1.82. The zero-order chi connectivity index (χ0) is 9.40. The van der Waals surface area contributed by atoms with E-state index in [2.05, 4.69) is 0 Å². The van der Waals surface area contributed by atoms with Crippen molar-refractivity contribution < 1.29 is 19.8 Å². The lowest BCUT2D eigenvalue weighted by Gasteiger charge is -1.89. The van der Waals surface area contributed by atoms with Crippen molar-refractivity contribution in [2.24, 2.45) is 0 Å².